The van der Waals surface area contributed by atoms with Crippen LogP contribution in [0.25, 0.3) is 0 Å². The lowest BCUT2D eigenvalue weighted by atomic mass is 10.2. The molecule has 2 aromatic carbocycles. The van der Waals surface area contributed by atoms with Gasteiger partial charge in [-0.05, 0) is 48.7 Å². The summed E-state index contributed by atoms with van der Waals surface area (Å²) >= 11 is 6.06. The third kappa shape index (κ3) is 4.19. The summed E-state index contributed by atoms with van der Waals surface area (Å²) in [7, 11) is 0. The van der Waals surface area contributed by atoms with E-state index in [2.05, 4.69) is 5.32 Å². The van der Waals surface area contributed by atoms with E-state index in [4.69, 9.17) is 16.3 Å². The third-order valence-corrected chi connectivity index (χ3v) is 3.72. The van der Waals surface area contributed by atoms with Crippen molar-refractivity contribution < 1.29 is 9.13 Å². The normalized spacial score (nSPS) is 14.2. The molecule has 1 aliphatic carbocycles. The monoisotopic (exact) mass is 305 g/mol. The van der Waals surface area contributed by atoms with Crippen molar-refractivity contribution in [2.75, 3.05) is 0 Å². The average Bonchev–Trinajstić information content (AvgIpc) is 3.30. The van der Waals surface area contributed by atoms with Crippen LogP contribution >= 0.6 is 11.6 Å². The summed E-state index contributed by atoms with van der Waals surface area (Å²) in [6.07, 6.45) is 2.48. The fourth-order valence-corrected chi connectivity index (χ4v) is 2.31. The van der Waals surface area contributed by atoms with Gasteiger partial charge in [0, 0.05) is 23.2 Å². The van der Waals surface area contributed by atoms with Gasteiger partial charge < -0.3 is 10.1 Å². The fraction of sp³-hybridized carbons (Fsp3) is 0.294. The lowest BCUT2D eigenvalue weighted by Crippen LogP contribution is -2.16. The van der Waals surface area contributed by atoms with E-state index in [0.29, 0.717) is 17.7 Å². The van der Waals surface area contributed by atoms with Crippen molar-refractivity contribution in [3.8, 4) is 5.75 Å². The number of ether oxygens (including phenoxy) is 1. The molecule has 2 nitrogen and oxygen atoms in total. The first-order valence-corrected chi connectivity index (χ1v) is 7.47. The topological polar surface area (TPSA) is 21.3 Å². The Labute approximate surface area is 128 Å². The highest BCUT2D eigenvalue weighted by molar-refractivity contribution is 6.30. The quantitative estimate of drug-likeness (QED) is 0.858. The molecule has 0 aliphatic heterocycles. The van der Waals surface area contributed by atoms with E-state index in [1.165, 1.54) is 25.0 Å². The Balaban J connectivity index is 1.66. The van der Waals surface area contributed by atoms with Gasteiger partial charge in [0.05, 0.1) is 0 Å². The number of halogens is 2. The Kier molecular flexibility index (Phi) is 4.42. The molecule has 0 atom stereocenters. The lowest BCUT2D eigenvalue weighted by Gasteiger charge is -2.13. The van der Waals surface area contributed by atoms with Gasteiger partial charge in [-0.15, -0.1) is 0 Å². The average molecular weight is 306 g/mol. The van der Waals surface area contributed by atoms with Gasteiger partial charge in [-0.25, -0.2) is 4.39 Å². The molecule has 1 N–H and O–H groups in total. The molecule has 4 heteroatoms. The van der Waals surface area contributed by atoms with Crippen LogP contribution in [0.2, 0.25) is 5.02 Å². The summed E-state index contributed by atoms with van der Waals surface area (Å²) in [5, 5.41) is 4.16. The molecule has 0 radical (unpaired) electrons. The van der Waals surface area contributed by atoms with Crippen LogP contribution in [0.1, 0.15) is 24.0 Å². The molecular formula is C17H17ClFNO. The van der Waals surface area contributed by atoms with Gasteiger partial charge in [-0.2, -0.15) is 0 Å². The van der Waals surface area contributed by atoms with Gasteiger partial charge in [-0.1, -0.05) is 23.7 Å². The van der Waals surface area contributed by atoms with Gasteiger partial charge in [0.25, 0.3) is 0 Å². The van der Waals surface area contributed by atoms with Crippen molar-refractivity contribution in [1.29, 1.82) is 0 Å². The summed E-state index contributed by atoms with van der Waals surface area (Å²) in [6.45, 7) is 1.17. The minimum Gasteiger partial charge on any atom is -0.489 e. The molecule has 1 saturated carbocycles. The summed E-state index contributed by atoms with van der Waals surface area (Å²) in [5.41, 5.74) is 1.99. The maximum Gasteiger partial charge on any atom is 0.124 e. The molecule has 0 unspecified atom stereocenters. The van der Waals surface area contributed by atoms with Crippen LogP contribution in [0.15, 0.2) is 42.5 Å². The van der Waals surface area contributed by atoms with Gasteiger partial charge in [0.15, 0.2) is 0 Å². The molecule has 0 bridgehead atoms. The molecule has 0 spiro atoms. The Morgan fingerprint density at radius 3 is 2.62 bits per heavy atom. The summed E-state index contributed by atoms with van der Waals surface area (Å²) in [4.78, 5) is 0. The van der Waals surface area contributed by atoms with E-state index in [1.54, 1.807) is 12.1 Å². The molecule has 0 heterocycles. The second-order valence-corrected chi connectivity index (χ2v) is 5.76. The van der Waals surface area contributed by atoms with Crippen LogP contribution in [0.5, 0.6) is 5.75 Å². The van der Waals surface area contributed by atoms with E-state index in [-0.39, 0.29) is 5.82 Å². The van der Waals surface area contributed by atoms with E-state index in [0.717, 1.165) is 23.4 Å². The maximum atomic E-state index is 12.9. The van der Waals surface area contributed by atoms with Crippen LogP contribution in [-0.2, 0) is 13.2 Å². The third-order valence-electron chi connectivity index (χ3n) is 3.49. The zero-order valence-electron chi connectivity index (χ0n) is 11.6. The minimum absolute atomic E-state index is 0.237. The number of hydrogen-bond donors (Lipinski definition) is 1. The molecule has 3 rings (SSSR count). The molecule has 1 aliphatic rings. The minimum atomic E-state index is -0.237. The highest BCUT2D eigenvalue weighted by Crippen LogP contribution is 2.26. The number of hydrogen-bond acceptors (Lipinski definition) is 2. The lowest BCUT2D eigenvalue weighted by molar-refractivity contribution is 0.302. The number of nitrogens with one attached hydrogen (secondary N) is 1. The molecule has 1 fully saturated rings. The smallest absolute Gasteiger partial charge is 0.124 e. The van der Waals surface area contributed by atoms with Crippen LogP contribution in [0.3, 0.4) is 0 Å². The second-order valence-electron chi connectivity index (χ2n) is 5.32. The number of rotatable bonds is 6. The van der Waals surface area contributed by atoms with Gasteiger partial charge in [0.2, 0.25) is 0 Å². The highest BCUT2D eigenvalue weighted by atomic mass is 35.5. The Morgan fingerprint density at radius 1 is 1.14 bits per heavy atom. The Bertz CT molecular complexity index is 611. The van der Waals surface area contributed by atoms with Crippen molar-refractivity contribution in [1.82, 2.24) is 5.32 Å². The largest absolute Gasteiger partial charge is 0.489 e. The molecule has 0 aromatic heterocycles. The standard InChI is InChI=1S/C17H17ClFNO/c18-14-3-8-17(13(9-14)10-20-16-6-7-16)21-11-12-1-4-15(19)5-2-12/h1-5,8-9,16,20H,6-7,10-11H2. The first-order chi connectivity index (χ1) is 10.2. The van der Waals surface area contributed by atoms with E-state index in [9.17, 15) is 4.39 Å². The van der Waals surface area contributed by atoms with E-state index >= 15 is 0 Å². The van der Waals surface area contributed by atoms with Crippen LogP contribution in [-0.4, -0.2) is 6.04 Å². The van der Waals surface area contributed by atoms with Crippen molar-refractivity contribution in [2.24, 2.45) is 0 Å². The van der Waals surface area contributed by atoms with Crippen LogP contribution in [0.4, 0.5) is 4.39 Å². The first kappa shape index (κ1) is 14.4. The number of benzene rings is 2. The van der Waals surface area contributed by atoms with E-state index in [1.807, 2.05) is 18.2 Å². The molecule has 110 valence electrons. The predicted molar refractivity (Wildman–Crippen MR) is 82.0 cm³/mol. The van der Waals surface area contributed by atoms with Crippen molar-refractivity contribution in [3.05, 3.63) is 64.4 Å². The molecule has 0 saturated heterocycles. The first-order valence-electron chi connectivity index (χ1n) is 7.10. The molecule has 2 aromatic rings. The van der Waals surface area contributed by atoms with Crippen molar-refractivity contribution in [3.63, 3.8) is 0 Å². The summed E-state index contributed by atoms with van der Waals surface area (Å²) in [6, 6.07) is 12.6. The van der Waals surface area contributed by atoms with Gasteiger partial charge >= 0.3 is 0 Å². The van der Waals surface area contributed by atoms with Crippen molar-refractivity contribution in [2.45, 2.75) is 32.0 Å². The Morgan fingerprint density at radius 2 is 1.90 bits per heavy atom. The highest BCUT2D eigenvalue weighted by Gasteiger charge is 2.20. The van der Waals surface area contributed by atoms with Gasteiger partial charge in [0.1, 0.15) is 18.2 Å². The summed E-state index contributed by atoms with van der Waals surface area (Å²) < 4.78 is 18.7. The molecule has 0 amide bonds. The van der Waals surface area contributed by atoms with Gasteiger partial charge in [-0.3, -0.25) is 0 Å². The summed E-state index contributed by atoms with van der Waals surface area (Å²) in [5.74, 6) is 0.580. The molecule has 21 heavy (non-hydrogen) atoms. The fourth-order valence-electron chi connectivity index (χ4n) is 2.11. The van der Waals surface area contributed by atoms with E-state index < -0.39 is 0 Å². The zero-order valence-corrected chi connectivity index (χ0v) is 12.4. The van der Waals surface area contributed by atoms with Crippen molar-refractivity contribution >= 4 is 11.6 Å². The zero-order chi connectivity index (χ0) is 14.7. The predicted octanol–water partition coefficient (Wildman–Crippen LogP) is 4.31. The maximum absolute atomic E-state index is 12.9. The van der Waals surface area contributed by atoms with Crippen LogP contribution < -0.4 is 10.1 Å². The van der Waals surface area contributed by atoms with Crippen LogP contribution in [0, 0.1) is 5.82 Å². The molecular weight excluding hydrogens is 289 g/mol. The Hall–Kier alpha value is -1.58. The second kappa shape index (κ2) is 6.46. The SMILES string of the molecule is Fc1ccc(COc2ccc(Cl)cc2CNC2CC2)cc1.